The number of carbonyl (C=O) groups is 1. The Morgan fingerprint density at radius 2 is 2.30 bits per heavy atom. The van der Waals surface area contributed by atoms with Gasteiger partial charge in [0.15, 0.2) is 0 Å². The lowest BCUT2D eigenvalue weighted by atomic mass is 10.4. The molecule has 7 heteroatoms. The fraction of sp³-hybridized carbons (Fsp3) is 0.667. The van der Waals surface area contributed by atoms with E-state index in [4.69, 9.17) is 10.1 Å². The fourth-order valence-corrected chi connectivity index (χ4v) is 0.520. The summed E-state index contributed by atoms with van der Waals surface area (Å²) in [6.45, 7) is -0.182. The Morgan fingerprint density at radius 1 is 1.70 bits per heavy atom. The predicted octanol–water partition coefficient (Wildman–Crippen LogP) is -0.452. The largest absolute Gasteiger partial charge is 0.694 e. The van der Waals surface area contributed by atoms with E-state index in [2.05, 4.69) is 4.52 Å². The molecule has 0 aromatic heterocycles. The normalized spacial score (nSPS) is 10.8. The van der Waals surface area contributed by atoms with Crippen LogP contribution in [0.3, 0.4) is 0 Å². The van der Waals surface area contributed by atoms with E-state index < -0.39 is 14.2 Å². The molecular weight excluding hydrogens is 161 g/mol. The van der Waals surface area contributed by atoms with Crippen molar-refractivity contribution in [2.75, 3.05) is 6.61 Å². The number of hydrogen-bond acceptors (Lipinski definition) is 4. The smallest absolute Gasteiger partial charge is 0.289 e. The molecule has 6 nitrogen and oxygen atoms in total. The molecule has 3 N–H and O–H groups in total. The summed E-state index contributed by atoms with van der Waals surface area (Å²) < 4.78 is 13.9. The molecule has 0 spiro atoms. The first-order valence-corrected chi connectivity index (χ1v) is 3.52. The van der Waals surface area contributed by atoms with Crippen molar-refractivity contribution >= 4 is 14.2 Å². The van der Waals surface area contributed by atoms with Crippen molar-refractivity contribution in [1.29, 1.82) is 0 Å². The van der Waals surface area contributed by atoms with Crippen LogP contribution >= 0.6 is 8.25 Å². The number of carbonyl (C=O) groups excluding carboxylic acids is 1. The average Bonchev–Trinajstić information content (AvgIpc) is 1.87. The third kappa shape index (κ3) is 5.58. The molecule has 1 unspecified atom stereocenters. The Labute approximate surface area is 57.7 Å². The highest BCUT2D eigenvalue weighted by molar-refractivity contribution is 7.32. The van der Waals surface area contributed by atoms with Gasteiger partial charge in [-0.15, -0.1) is 9.42 Å². The van der Waals surface area contributed by atoms with Crippen molar-refractivity contribution < 1.29 is 24.0 Å². The third-order valence-corrected chi connectivity index (χ3v) is 1.06. The molecule has 0 aliphatic carbocycles. The van der Waals surface area contributed by atoms with Crippen molar-refractivity contribution in [2.24, 2.45) is 0 Å². The molecule has 58 valence electrons. The van der Waals surface area contributed by atoms with E-state index in [-0.39, 0.29) is 13.0 Å². The monoisotopic (exact) mass is 168 g/mol. The van der Waals surface area contributed by atoms with Gasteiger partial charge in [0.25, 0.3) is 0 Å². The second-order valence-corrected chi connectivity index (χ2v) is 2.09. The maximum Gasteiger partial charge on any atom is 0.694 e. The van der Waals surface area contributed by atoms with Crippen LogP contribution < -0.4 is 5.48 Å². The molecule has 0 rings (SSSR count). The second-order valence-electron chi connectivity index (χ2n) is 1.36. The van der Waals surface area contributed by atoms with Gasteiger partial charge in [0, 0.05) is 4.57 Å². The van der Waals surface area contributed by atoms with Crippen molar-refractivity contribution in [3.8, 4) is 0 Å². The Morgan fingerprint density at radius 3 is 2.70 bits per heavy atom. The number of hydroxylamine groups is 1. The van der Waals surface area contributed by atoms with E-state index in [0.29, 0.717) is 0 Å². The standard InChI is InChI=1S/C3H6NO5P/c5-3(4-6)1-2-9-10(7)8/h1-2H2,(H2-,4,5,6,7,8)/p+1. The number of nitrogens with one attached hydrogen (secondary N) is 1. The van der Waals surface area contributed by atoms with E-state index in [9.17, 15) is 9.36 Å². The zero-order valence-corrected chi connectivity index (χ0v) is 5.88. The highest BCUT2D eigenvalue weighted by Gasteiger charge is 2.12. The van der Waals surface area contributed by atoms with Crippen molar-refractivity contribution in [1.82, 2.24) is 5.48 Å². The van der Waals surface area contributed by atoms with Gasteiger partial charge in [-0.25, -0.2) is 5.48 Å². The molecule has 0 saturated carbocycles. The van der Waals surface area contributed by atoms with E-state index >= 15 is 0 Å². The van der Waals surface area contributed by atoms with Gasteiger partial charge in [-0.1, -0.05) is 0 Å². The molecule has 0 saturated heterocycles. The summed E-state index contributed by atoms with van der Waals surface area (Å²) in [5.74, 6) is -0.656. The molecule has 0 heterocycles. The molecule has 0 aliphatic rings. The Hall–Kier alpha value is -0.550. The zero-order valence-electron chi connectivity index (χ0n) is 4.98. The minimum absolute atomic E-state index is 0.141. The topological polar surface area (TPSA) is 95.9 Å². The lowest BCUT2D eigenvalue weighted by Crippen LogP contribution is -2.19. The van der Waals surface area contributed by atoms with Crippen LogP contribution in [-0.2, 0) is 13.9 Å². The van der Waals surface area contributed by atoms with E-state index in [0.717, 1.165) is 0 Å². The van der Waals surface area contributed by atoms with Crippen molar-refractivity contribution in [3.05, 3.63) is 0 Å². The molecular formula is C3H7NO5P+. The van der Waals surface area contributed by atoms with E-state index in [1.54, 1.807) is 0 Å². The molecule has 1 atom stereocenters. The van der Waals surface area contributed by atoms with Gasteiger partial charge in [-0.3, -0.25) is 10.0 Å². The average molecular weight is 168 g/mol. The molecule has 1 amide bonds. The van der Waals surface area contributed by atoms with Gasteiger partial charge in [0.05, 0.1) is 6.42 Å². The fourth-order valence-electron chi connectivity index (χ4n) is 0.272. The van der Waals surface area contributed by atoms with E-state index in [1.807, 2.05) is 0 Å². The highest BCUT2D eigenvalue weighted by atomic mass is 31.1. The number of amides is 1. The first kappa shape index (κ1) is 9.45. The Balaban J connectivity index is 3.20. The van der Waals surface area contributed by atoms with Gasteiger partial charge < -0.3 is 0 Å². The number of hydrogen-bond donors (Lipinski definition) is 3. The summed E-state index contributed by atoms with van der Waals surface area (Å²) in [4.78, 5) is 18.2. The minimum atomic E-state index is -2.65. The van der Waals surface area contributed by atoms with Crippen LogP contribution in [-0.4, -0.2) is 22.6 Å². The van der Waals surface area contributed by atoms with Gasteiger partial charge in [0.2, 0.25) is 5.91 Å². The zero-order chi connectivity index (χ0) is 7.98. The van der Waals surface area contributed by atoms with Gasteiger partial charge in [-0.2, -0.15) is 0 Å². The summed E-state index contributed by atoms with van der Waals surface area (Å²) in [6, 6.07) is 0. The van der Waals surface area contributed by atoms with Crippen LogP contribution in [0.25, 0.3) is 0 Å². The molecule has 0 bridgehead atoms. The highest BCUT2D eigenvalue weighted by Crippen LogP contribution is 2.13. The molecule has 10 heavy (non-hydrogen) atoms. The first-order valence-electron chi connectivity index (χ1n) is 2.39. The van der Waals surface area contributed by atoms with Crippen LogP contribution in [0.2, 0.25) is 0 Å². The Bertz CT molecular complexity index is 137. The predicted molar refractivity (Wildman–Crippen MR) is 30.3 cm³/mol. The number of rotatable bonds is 4. The van der Waals surface area contributed by atoms with Gasteiger partial charge >= 0.3 is 8.25 Å². The third-order valence-electron chi connectivity index (χ3n) is 0.656. The molecule has 0 radical (unpaired) electrons. The molecule has 0 aromatic carbocycles. The van der Waals surface area contributed by atoms with Crippen molar-refractivity contribution in [3.63, 3.8) is 0 Å². The summed E-state index contributed by atoms with van der Waals surface area (Å²) in [7, 11) is -2.65. The summed E-state index contributed by atoms with van der Waals surface area (Å²) in [6.07, 6.45) is -0.141. The summed E-state index contributed by atoms with van der Waals surface area (Å²) in [5.41, 5.74) is 1.34. The quantitative estimate of drug-likeness (QED) is 0.300. The van der Waals surface area contributed by atoms with E-state index in [1.165, 1.54) is 5.48 Å². The maximum absolute atomic E-state index is 10.2. The van der Waals surface area contributed by atoms with Crippen molar-refractivity contribution in [2.45, 2.75) is 6.42 Å². The van der Waals surface area contributed by atoms with Crippen LogP contribution in [0.5, 0.6) is 0 Å². The Kier molecular flexibility index (Phi) is 4.96. The lowest BCUT2D eigenvalue weighted by molar-refractivity contribution is -0.129. The van der Waals surface area contributed by atoms with Crippen LogP contribution in [0, 0.1) is 0 Å². The SMILES string of the molecule is O=C(CCO[P+](=O)O)NO. The maximum atomic E-state index is 10.2. The van der Waals surface area contributed by atoms with Gasteiger partial charge in [-0.05, 0) is 0 Å². The molecule has 0 fully saturated rings. The van der Waals surface area contributed by atoms with Crippen LogP contribution in [0.4, 0.5) is 0 Å². The lowest BCUT2D eigenvalue weighted by Gasteiger charge is -1.90. The summed E-state index contributed by atoms with van der Waals surface area (Å²) in [5, 5.41) is 7.91. The first-order chi connectivity index (χ1) is 4.66. The molecule has 0 aromatic rings. The minimum Gasteiger partial charge on any atom is -0.289 e. The summed E-state index contributed by atoms with van der Waals surface area (Å²) >= 11 is 0. The van der Waals surface area contributed by atoms with Crippen LogP contribution in [0.1, 0.15) is 6.42 Å². The van der Waals surface area contributed by atoms with Gasteiger partial charge in [0.1, 0.15) is 6.61 Å². The molecule has 0 aliphatic heterocycles. The van der Waals surface area contributed by atoms with Crippen LogP contribution in [0.15, 0.2) is 0 Å². The second kappa shape index (κ2) is 5.25.